The summed E-state index contributed by atoms with van der Waals surface area (Å²) in [7, 11) is 0. The summed E-state index contributed by atoms with van der Waals surface area (Å²) in [6.45, 7) is 10.7. The van der Waals surface area contributed by atoms with Crippen LogP contribution < -0.4 is 0 Å². The highest BCUT2D eigenvalue weighted by Crippen LogP contribution is 2.65. The first-order valence-electron chi connectivity index (χ1n) is 16.9. The van der Waals surface area contributed by atoms with Gasteiger partial charge in [0.1, 0.15) is 11.6 Å². The SMILES string of the molecule is C=CCN(Cc1ccccc1)C(=O)C1N([C@H](CO)c2ccccc2)C(=O)[C@@H]2[C@@H](C(=O)N(CC=C)Cc3ccccc3)[C@@]3(CC)CCC12O3. The quantitative estimate of drug-likeness (QED) is 0.240. The van der Waals surface area contributed by atoms with Gasteiger partial charge in [0, 0.05) is 26.2 Å². The Morgan fingerprint density at radius 3 is 1.90 bits per heavy atom. The van der Waals surface area contributed by atoms with Crippen LogP contribution in [-0.4, -0.2) is 74.5 Å². The first-order valence-corrected chi connectivity index (χ1v) is 16.9. The average Bonchev–Trinajstić information content (AvgIpc) is 3.73. The van der Waals surface area contributed by atoms with E-state index in [0.29, 0.717) is 44.5 Å². The molecular weight excluding hydrogens is 602 g/mol. The maximum atomic E-state index is 15.1. The smallest absolute Gasteiger partial charge is 0.249 e. The van der Waals surface area contributed by atoms with E-state index in [4.69, 9.17) is 4.74 Å². The lowest BCUT2D eigenvalue weighted by atomic mass is 9.64. The number of nitrogens with zero attached hydrogens (tertiary/aromatic N) is 3. The van der Waals surface area contributed by atoms with Crippen LogP contribution in [0.4, 0.5) is 0 Å². The molecule has 6 atom stereocenters. The average molecular weight is 648 g/mol. The maximum absolute atomic E-state index is 15.1. The summed E-state index contributed by atoms with van der Waals surface area (Å²) in [6.07, 6.45) is 4.90. The number of likely N-dealkylation sites (tertiary alicyclic amines) is 1. The predicted molar refractivity (Wildman–Crippen MR) is 184 cm³/mol. The van der Waals surface area contributed by atoms with E-state index in [9.17, 15) is 9.90 Å². The normalized spacial score (nSPS) is 26.2. The fraction of sp³-hybridized carbons (Fsp3) is 0.375. The molecule has 1 spiro atoms. The minimum atomic E-state index is -1.24. The molecule has 3 aliphatic rings. The Bertz CT molecular complexity index is 1630. The largest absolute Gasteiger partial charge is 0.394 e. The van der Waals surface area contributed by atoms with E-state index in [1.165, 1.54) is 0 Å². The number of amides is 3. The Hall–Kier alpha value is -4.53. The Morgan fingerprint density at radius 2 is 1.40 bits per heavy atom. The van der Waals surface area contributed by atoms with E-state index < -0.39 is 41.7 Å². The molecule has 0 saturated carbocycles. The van der Waals surface area contributed by atoms with Crippen molar-refractivity contribution in [3.05, 3.63) is 133 Å². The van der Waals surface area contributed by atoms with Gasteiger partial charge in [-0.05, 0) is 36.0 Å². The van der Waals surface area contributed by atoms with Crippen LogP contribution in [-0.2, 0) is 32.2 Å². The molecule has 3 saturated heterocycles. The molecule has 0 aliphatic carbocycles. The van der Waals surface area contributed by atoms with E-state index in [2.05, 4.69) is 13.2 Å². The number of aliphatic hydroxyl groups is 1. The zero-order valence-electron chi connectivity index (χ0n) is 27.6. The number of hydrogen-bond donors (Lipinski definition) is 1. The maximum Gasteiger partial charge on any atom is 0.249 e. The molecule has 8 nitrogen and oxygen atoms in total. The molecule has 6 rings (SSSR count). The van der Waals surface area contributed by atoms with E-state index in [-0.39, 0.29) is 24.3 Å². The van der Waals surface area contributed by atoms with Crippen molar-refractivity contribution in [3.63, 3.8) is 0 Å². The topological polar surface area (TPSA) is 90.4 Å². The van der Waals surface area contributed by atoms with E-state index in [1.807, 2.05) is 97.9 Å². The van der Waals surface area contributed by atoms with Gasteiger partial charge in [-0.1, -0.05) is 110 Å². The molecule has 250 valence electrons. The summed E-state index contributed by atoms with van der Waals surface area (Å²) in [6, 6.07) is 26.9. The van der Waals surface area contributed by atoms with Gasteiger partial charge >= 0.3 is 0 Å². The minimum absolute atomic E-state index is 0.180. The van der Waals surface area contributed by atoms with Gasteiger partial charge in [-0.15, -0.1) is 13.2 Å². The molecule has 2 bridgehead atoms. The van der Waals surface area contributed by atoms with Crippen molar-refractivity contribution < 1.29 is 24.2 Å². The third kappa shape index (κ3) is 5.67. The Kier molecular flexibility index (Phi) is 9.67. The number of benzene rings is 3. The predicted octanol–water partition coefficient (Wildman–Crippen LogP) is 5.30. The molecule has 48 heavy (non-hydrogen) atoms. The van der Waals surface area contributed by atoms with Crippen LogP contribution in [0.3, 0.4) is 0 Å². The van der Waals surface area contributed by atoms with Crippen LogP contribution in [0.5, 0.6) is 0 Å². The van der Waals surface area contributed by atoms with Crippen molar-refractivity contribution in [1.82, 2.24) is 14.7 Å². The van der Waals surface area contributed by atoms with Crippen molar-refractivity contribution in [2.45, 2.75) is 62.6 Å². The first kappa shape index (κ1) is 33.4. The van der Waals surface area contributed by atoms with Gasteiger partial charge in [-0.25, -0.2) is 0 Å². The van der Waals surface area contributed by atoms with Crippen molar-refractivity contribution >= 4 is 17.7 Å². The highest BCUT2D eigenvalue weighted by Gasteiger charge is 2.79. The second-order valence-electron chi connectivity index (χ2n) is 13.2. The first-order chi connectivity index (χ1) is 23.3. The number of aliphatic hydroxyl groups excluding tert-OH is 1. The molecule has 0 radical (unpaired) electrons. The molecule has 0 aromatic heterocycles. The summed E-state index contributed by atoms with van der Waals surface area (Å²) in [5, 5.41) is 10.9. The lowest BCUT2D eigenvalue weighted by molar-refractivity contribution is -0.158. The van der Waals surface area contributed by atoms with Crippen molar-refractivity contribution in [3.8, 4) is 0 Å². The van der Waals surface area contributed by atoms with E-state index in [0.717, 1.165) is 11.1 Å². The number of carbonyl (C=O) groups excluding carboxylic acids is 3. The van der Waals surface area contributed by atoms with Gasteiger partial charge in [0.25, 0.3) is 0 Å². The lowest BCUT2D eigenvalue weighted by Crippen LogP contribution is -2.57. The Morgan fingerprint density at radius 1 is 0.875 bits per heavy atom. The Balaban J connectivity index is 1.46. The number of fused-ring (bicyclic) bond motifs is 1. The summed E-state index contributed by atoms with van der Waals surface area (Å²) < 4.78 is 7.09. The lowest BCUT2D eigenvalue weighted by Gasteiger charge is -2.39. The molecule has 3 heterocycles. The second-order valence-corrected chi connectivity index (χ2v) is 13.2. The molecule has 3 amide bonds. The van der Waals surface area contributed by atoms with Crippen LogP contribution in [0.2, 0.25) is 0 Å². The zero-order valence-corrected chi connectivity index (χ0v) is 27.6. The molecule has 2 unspecified atom stereocenters. The summed E-state index contributed by atoms with van der Waals surface area (Å²) in [4.78, 5) is 49.9. The molecule has 8 heteroatoms. The summed E-state index contributed by atoms with van der Waals surface area (Å²) >= 11 is 0. The second kappa shape index (κ2) is 13.9. The fourth-order valence-corrected chi connectivity index (χ4v) is 8.43. The zero-order chi connectivity index (χ0) is 33.9. The minimum Gasteiger partial charge on any atom is -0.394 e. The van der Waals surface area contributed by atoms with Crippen LogP contribution >= 0.6 is 0 Å². The number of hydrogen-bond acceptors (Lipinski definition) is 5. The van der Waals surface area contributed by atoms with E-state index >= 15 is 9.59 Å². The highest BCUT2D eigenvalue weighted by atomic mass is 16.5. The molecule has 3 aliphatic heterocycles. The number of carbonyl (C=O) groups is 3. The van der Waals surface area contributed by atoms with Gasteiger partial charge in [-0.2, -0.15) is 0 Å². The van der Waals surface area contributed by atoms with Gasteiger partial charge in [0.2, 0.25) is 17.7 Å². The van der Waals surface area contributed by atoms with Crippen molar-refractivity contribution in [2.24, 2.45) is 11.8 Å². The van der Waals surface area contributed by atoms with Crippen LogP contribution in [0.1, 0.15) is 48.9 Å². The number of rotatable bonds is 14. The van der Waals surface area contributed by atoms with Gasteiger partial charge in [-0.3, -0.25) is 14.4 Å². The van der Waals surface area contributed by atoms with Crippen molar-refractivity contribution in [2.75, 3.05) is 19.7 Å². The molecule has 3 aromatic rings. The third-order valence-electron chi connectivity index (χ3n) is 10.6. The van der Waals surface area contributed by atoms with Crippen LogP contribution in [0.15, 0.2) is 116 Å². The third-order valence-corrected chi connectivity index (χ3v) is 10.6. The monoisotopic (exact) mass is 647 g/mol. The molecule has 1 N–H and O–H groups in total. The molecule has 3 aromatic carbocycles. The molecular formula is C40H45N3O5. The van der Waals surface area contributed by atoms with E-state index in [1.54, 1.807) is 26.9 Å². The number of ether oxygens (including phenoxy) is 1. The standard InChI is InChI=1S/C40H45N3O5/c1-4-24-41(26-29-16-10-7-11-17-29)36(45)33-34-37(46)43(32(28-44)31-20-14-9-15-21-31)35(40(34)23-22-39(33,6-3)48-40)38(47)42(25-5-2)27-30-18-12-8-13-19-30/h4-5,7-21,32-35,44H,1-2,6,22-28H2,3H3/t32-,33+,34+,35?,39-,40?/m1/s1. The Labute approximate surface area is 283 Å². The highest BCUT2D eigenvalue weighted by molar-refractivity contribution is 5.99. The van der Waals surface area contributed by atoms with Crippen LogP contribution in [0, 0.1) is 11.8 Å². The summed E-state index contributed by atoms with van der Waals surface area (Å²) in [5.74, 6) is -2.49. The van der Waals surface area contributed by atoms with Gasteiger partial charge < -0.3 is 24.5 Å². The fourth-order valence-electron chi connectivity index (χ4n) is 8.43. The van der Waals surface area contributed by atoms with Gasteiger partial charge in [0.15, 0.2) is 0 Å². The van der Waals surface area contributed by atoms with Crippen LogP contribution in [0.25, 0.3) is 0 Å². The van der Waals surface area contributed by atoms with Crippen molar-refractivity contribution in [1.29, 1.82) is 0 Å². The molecule has 3 fully saturated rings. The summed E-state index contributed by atoms with van der Waals surface area (Å²) in [5.41, 5.74) is 0.475. The van der Waals surface area contributed by atoms with Gasteiger partial charge in [0.05, 0.1) is 30.1 Å².